The summed E-state index contributed by atoms with van der Waals surface area (Å²) in [4.78, 5) is 0. The lowest BCUT2D eigenvalue weighted by atomic mass is 9.41. The van der Waals surface area contributed by atoms with Gasteiger partial charge in [0.05, 0.1) is 0 Å². The Labute approximate surface area is 116 Å². The zero-order chi connectivity index (χ0) is 14.1. The van der Waals surface area contributed by atoms with Crippen molar-refractivity contribution < 1.29 is 0 Å². The molecule has 4 N–H and O–H groups in total. The van der Waals surface area contributed by atoms with Gasteiger partial charge < -0.3 is 11.5 Å². The van der Waals surface area contributed by atoms with Crippen LogP contribution >= 0.6 is 0 Å². The molecule has 0 aromatic carbocycles. The van der Waals surface area contributed by atoms with Crippen molar-refractivity contribution in [1.82, 2.24) is 0 Å². The third-order valence-corrected chi connectivity index (χ3v) is 3.25. The van der Waals surface area contributed by atoms with E-state index >= 15 is 0 Å². The molecular weight excluding hydrogens is 219 g/mol. The van der Waals surface area contributed by atoms with Crippen molar-refractivity contribution in [1.29, 1.82) is 0 Å². The van der Waals surface area contributed by atoms with Gasteiger partial charge in [-0.1, -0.05) is 71.8 Å². The minimum atomic E-state index is 0.824. The third-order valence-electron chi connectivity index (χ3n) is 3.25. The van der Waals surface area contributed by atoms with Crippen LogP contribution in [0.1, 0.15) is 65.7 Å². The highest BCUT2D eigenvalue weighted by Crippen LogP contribution is 2.11. The highest BCUT2D eigenvalue weighted by atomic mass is 14.5. The van der Waals surface area contributed by atoms with E-state index in [-0.39, 0.29) is 0 Å². The van der Waals surface area contributed by atoms with Gasteiger partial charge in [-0.05, 0) is 25.9 Å². The summed E-state index contributed by atoms with van der Waals surface area (Å²) in [5.41, 5.74) is 10.6. The Morgan fingerprint density at radius 2 is 0.944 bits per heavy atom. The van der Waals surface area contributed by atoms with E-state index in [4.69, 9.17) is 11.5 Å². The first-order valence-electron chi connectivity index (χ1n) is 8.16. The van der Waals surface area contributed by atoms with E-state index in [1.54, 1.807) is 0 Å². The minimum Gasteiger partial charge on any atom is -0.330 e. The average Bonchev–Trinajstić information content (AvgIpc) is 2.37. The summed E-state index contributed by atoms with van der Waals surface area (Å²) < 4.78 is 0. The molecule has 0 rings (SSSR count). The standard InChI is InChI=1S/C9H21B.C6H16N2/c1-4-7-10(8-5-2)9-6-3;7-5-3-1-2-4-6-8/h4-9H2,1-3H3;1-8H2. The Balaban J connectivity index is 0. The molecule has 0 aromatic heterocycles. The summed E-state index contributed by atoms with van der Waals surface area (Å²) >= 11 is 0. The molecule has 0 aliphatic rings. The summed E-state index contributed by atoms with van der Waals surface area (Å²) in [7, 11) is 0. The van der Waals surface area contributed by atoms with Gasteiger partial charge in [0.25, 0.3) is 0 Å². The maximum atomic E-state index is 5.28. The van der Waals surface area contributed by atoms with Gasteiger partial charge in [0, 0.05) is 0 Å². The maximum absolute atomic E-state index is 5.28. The fraction of sp³-hybridized carbons (Fsp3) is 1.00. The quantitative estimate of drug-likeness (QED) is 0.430. The van der Waals surface area contributed by atoms with Crippen molar-refractivity contribution in [2.24, 2.45) is 11.5 Å². The summed E-state index contributed by atoms with van der Waals surface area (Å²) in [6.45, 7) is 9.55. The highest BCUT2D eigenvalue weighted by Gasteiger charge is 2.08. The molecule has 0 bridgehead atoms. The fourth-order valence-corrected chi connectivity index (χ4v) is 2.30. The van der Waals surface area contributed by atoms with Gasteiger partial charge in [0.15, 0.2) is 0 Å². The van der Waals surface area contributed by atoms with Crippen LogP contribution in [0.5, 0.6) is 0 Å². The molecule has 0 spiro atoms. The molecule has 3 heteroatoms. The number of unbranched alkanes of at least 4 members (excludes halogenated alkanes) is 3. The molecule has 0 aliphatic heterocycles. The van der Waals surface area contributed by atoms with Crippen molar-refractivity contribution in [2.75, 3.05) is 13.1 Å². The Hall–Kier alpha value is -0.0151. The molecule has 0 aromatic rings. The molecule has 0 fully saturated rings. The van der Waals surface area contributed by atoms with Gasteiger partial charge in [0.1, 0.15) is 6.71 Å². The van der Waals surface area contributed by atoms with Crippen molar-refractivity contribution in [3.05, 3.63) is 0 Å². The molecule has 0 amide bonds. The van der Waals surface area contributed by atoms with Crippen LogP contribution in [-0.4, -0.2) is 19.8 Å². The molecule has 18 heavy (non-hydrogen) atoms. The van der Waals surface area contributed by atoms with Crippen LogP contribution in [0.2, 0.25) is 19.0 Å². The number of hydrogen-bond donors (Lipinski definition) is 2. The van der Waals surface area contributed by atoms with Crippen LogP contribution < -0.4 is 11.5 Å². The second-order valence-electron chi connectivity index (χ2n) is 5.22. The van der Waals surface area contributed by atoms with Gasteiger partial charge in [-0.15, -0.1) is 0 Å². The van der Waals surface area contributed by atoms with E-state index < -0.39 is 0 Å². The second kappa shape index (κ2) is 19.3. The van der Waals surface area contributed by atoms with Gasteiger partial charge in [0.2, 0.25) is 0 Å². The summed E-state index contributed by atoms with van der Waals surface area (Å²) in [5.74, 6) is 0. The number of nitrogens with two attached hydrogens (primary N) is 2. The monoisotopic (exact) mass is 256 g/mol. The lowest BCUT2D eigenvalue weighted by molar-refractivity contribution is 0.653. The topological polar surface area (TPSA) is 52.0 Å². The first kappa shape index (κ1) is 20.3. The zero-order valence-electron chi connectivity index (χ0n) is 13.2. The predicted molar refractivity (Wildman–Crippen MR) is 87.6 cm³/mol. The molecule has 2 nitrogen and oxygen atoms in total. The van der Waals surface area contributed by atoms with Crippen LogP contribution in [0.3, 0.4) is 0 Å². The van der Waals surface area contributed by atoms with Crippen LogP contribution in [0, 0.1) is 0 Å². The van der Waals surface area contributed by atoms with E-state index in [0.717, 1.165) is 32.6 Å². The molecule has 0 saturated heterocycles. The lowest BCUT2D eigenvalue weighted by Crippen LogP contribution is -2.09. The number of rotatable bonds is 11. The molecule has 0 unspecified atom stereocenters. The first-order chi connectivity index (χ1) is 8.76. The second-order valence-corrected chi connectivity index (χ2v) is 5.22. The highest BCUT2D eigenvalue weighted by molar-refractivity contribution is 6.58. The van der Waals surface area contributed by atoms with E-state index in [1.807, 2.05) is 0 Å². The Bertz CT molecular complexity index is 111. The van der Waals surface area contributed by atoms with Crippen LogP contribution in [-0.2, 0) is 0 Å². The van der Waals surface area contributed by atoms with E-state index in [1.165, 1.54) is 51.1 Å². The fourth-order valence-electron chi connectivity index (χ4n) is 2.30. The Kier molecular flexibility index (Phi) is 21.8. The Morgan fingerprint density at radius 3 is 1.17 bits per heavy atom. The largest absolute Gasteiger partial charge is 0.330 e. The molecular formula is C15H37BN2. The molecule has 0 heterocycles. The third kappa shape index (κ3) is 18.4. The average molecular weight is 256 g/mol. The van der Waals surface area contributed by atoms with Crippen molar-refractivity contribution in [3.8, 4) is 0 Å². The van der Waals surface area contributed by atoms with Gasteiger partial charge in [-0.2, -0.15) is 0 Å². The van der Waals surface area contributed by atoms with Crippen LogP contribution in [0.25, 0.3) is 0 Å². The van der Waals surface area contributed by atoms with Crippen molar-refractivity contribution in [2.45, 2.75) is 84.7 Å². The SMILES string of the molecule is CCCB(CCC)CCC.NCCCCCCN. The zero-order valence-corrected chi connectivity index (χ0v) is 13.2. The number of hydrogen-bond acceptors (Lipinski definition) is 2. The normalized spacial score (nSPS) is 9.83. The lowest BCUT2D eigenvalue weighted by Gasteiger charge is -2.08. The summed E-state index contributed by atoms with van der Waals surface area (Å²) in [5, 5.41) is 0. The molecule has 110 valence electrons. The predicted octanol–water partition coefficient (Wildman–Crippen LogP) is 4.18. The van der Waals surface area contributed by atoms with E-state index in [9.17, 15) is 0 Å². The summed E-state index contributed by atoms with van der Waals surface area (Å²) in [6, 6.07) is 0. The van der Waals surface area contributed by atoms with Gasteiger partial charge in [-0.25, -0.2) is 0 Å². The smallest absolute Gasteiger partial charge is 0.139 e. The Morgan fingerprint density at radius 1 is 0.611 bits per heavy atom. The van der Waals surface area contributed by atoms with Crippen molar-refractivity contribution in [3.63, 3.8) is 0 Å². The molecule has 0 atom stereocenters. The minimum absolute atomic E-state index is 0.824. The van der Waals surface area contributed by atoms with Gasteiger partial charge >= 0.3 is 0 Å². The first-order valence-corrected chi connectivity index (χ1v) is 8.16. The van der Waals surface area contributed by atoms with E-state index in [2.05, 4.69) is 20.8 Å². The molecule has 0 aliphatic carbocycles. The molecule has 0 radical (unpaired) electrons. The van der Waals surface area contributed by atoms with Gasteiger partial charge in [-0.3, -0.25) is 0 Å². The van der Waals surface area contributed by atoms with Crippen LogP contribution in [0.4, 0.5) is 0 Å². The maximum Gasteiger partial charge on any atom is 0.139 e. The van der Waals surface area contributed by atoms with Crippen molar-refractivity contribution >= 4 is 6.71 Å². The van der Waals surface area contributed by atoms with E-state index in [0.29, 0.717) is 0 Å². The summed E-state index contributed by atoms with van der Waals surface area (Å²) in [6.07, 6.45) is 13.2. The molecule has 0 saturated carbocycles. The van der Waals surface area contributed by atoms with Crippen LogP contribution in [0.15, 0.2) is 0 Å².